The van der Waals surface area contributed by atoms with Crippen LogP contribution < -0.4 is 20.1 Å². The van der Waals surface area contributed by atoms with Crippen molar-refractivity contribution < 1.29 is 13.2 Å². The molecule has 1 aromatic heterocycles. The summed E-state index contributed by atoms with van der Waals surface area (Å²) >= 11 is 0. The van der Waals surface area contributed by atoms with Gasteiger partial charge in [0.2, 0.25) is 21.9 Å². The second kappa shape index (κ2) is 14.2. The van der Waals surface area contributed by atoms with Gasteiger partial charge in [0.25, 0.3) is 0 Å². The smallest absolute Gasteiger partial charge is 0.236 e. The lowest BCUT2D eigenvalue weighted by molar-refractivity contribution is 0.426. The molecular weight excluding hydrogens is 586 g/mol. The monoisotopic (exact) mass is 621 g/mol. The third kappa shape index (κ3) is 7.55. The average molecular weight is 622 g/mol. The number of hydrogen-bond donors (Lipinski definition) is 3. The molecule has 230 valence electrons. The SMILES string of the molecule is C=N/C(Oc1c(C)ccc2c(NS(=O)(=O)Cc3ccccc3C#N)cccc12)=C(\C=C/C)c1ccnc(N[C@H]2CCCNC2)n1. The molecule has 1 fully saturated rings. The Morgan fingerprint density at radius 2 is 2.02 bits per heavy atom. The highest BCUT2D eigenvalue weighted by Gasteiger charge is 2.20. The van der Waals surface area contributed by atoms with Gasteiger partial charge in [0.05, 0.1) is 34.3 Å². The summed E-state index contributed by atoms with van der Waals surface area (Å²) in [6.07, 6.45) is 7.55. The minimum atomic E-state index is -3.85. The Labute approximate surface area is 263 Å². The van der Waals surface area contributed by atoms with Crippen LogP contribution in [0.15, 0.2) is 89.9 Å². The quantitative estimate of drug-likeness (QED) is 0.106. The van der Waals surface area contributed by atoms with Crippen LogP contribution in [0.25, 0.3) is 16.3 Å². The average Bonchev–Trinajstić information content (AvgIpc) is 3.04. The van der Waals surface area contributed by atoms with E-state index in [1.807, 2.05) is 44.2 Å². The molecule has 1 saturated heterocycles. The molecule has 5 rings (SSSR count). The fraction of sp³-hybridized carbons (Fsp3) is 0.235. The van der Waals surface area contributed by atoms with Crippen LogP contribution in [0.2, 0.25) is 0 Å². The summed E-state index contributed by atoms with van der Waals surface area (Å²) < 4.78 is 35.6. The molecule has 0 bridgehead atoms. The summed E-state index contributed by atoms with van der Waals surface area (Å²) in [4.78, 5) is 13.4. The van der Waals surface area contributed by atoms with Gasteiger partial charge in [-0.05, 0) is 69.3 Å². The van der Waals surface area contributed by atoms with Gasteiger partial charge in [0.1, 0.15) is 5.75 Å². The zero-order chi connectivity index (χ0) is 31.8. The number of fused-ring (bicyclic) bond motifs is 1. The van der Waals surface area contributed by atoms with Gasteiger partial charge in [-0.3, -0.25) is 4.72 Å². The highest BCUT2D eigenvalue weighted by molar-refractivity contribution is 7.91. The number of aliphatic imine (C=N–C) groups is 1. The largest absolute Gasteiger partial charge is 0.437 e. The van der Waals surface area contributed by atoms with Crippen molar-refractivity contribution in [2.75, 3.05) is 23.1 Å². The number of benzene rings is 3. The van der Waals surface area contributed by atoms with Crippen molar-refractivity contribution in [1.29, 1.82) is 5.26 Å². The Kier molecular flexibility index (Phi) is 9.87. The van der Waals surface area contributed by atoms with Crippen molar-refractivity contribution in [3.8, 4) is 11.8 Å². The number of nitriles is 1. The first-order chi connectivity index (χ1) is 21.8. The number of nitrogens with one attached hydrogen (secondary N) is 3. The Bertz CT molecular complexity index is 1920. The molecule has 0 amide bonds. The van der Waals surface area contributed by atoms with E-state index in [0.29, 0.717) is 50.6 Å². The zero-order valence-corrected chi connectivity index (χ0v) is 26.1. The Hall–Kier alpha value is -5.05. The van der Waals surface area contributed by atoms with Crippen LogP contribution in [0, 0.1) is 18.3 Å². The molecule has 0 unspecified atom stereocenters. The summed E-state index contributed by atoms with van der Waals surface area (Å²) in [5.41, 5.74) is 3.18. The van der Waals surface area contributed by atoms with E-state index in [1.54, 1.807) is 48.7 Å². The molecule has 2 heterocycles. The molecule has 10 nitrogen and oxygen atoms in total. The Morgan fingerprint density at radius 3 is 2.78 bits per heavy atom. The van der Waals surface area contributed by atoms with E-state index in [4.69, 9.17) is 9.72 Å². The summed E-state index contributed by atoms with van der Waals surface area (Å²) in [6.45, 7) is 9.44. The van der Waals surface area contributed by atoms with Crippen LogP contribution in [0.4, 0.5) is 11.6 Å². The van der Waals surface area contributed by atoms with Crippen molar-refractivity contribution in [1.82, 2.24) is 15.3 Å². The topological polar surface area (TPSA) is 141 Å². The maximum atomic E-state index is 13.2. The first-order valence-corrected chi connectivity index (χ1v) is 16.3. The van der Waals surface area contributed by atoms with E-state index < -0.39 is 10.0 Å². The maximum absolute atomic E-state index is 13.2. The van der Waals surface area contributed by atoms with Crippen LogP contribution >= 0.6 is 0 Å². The Balaban J connectivity index is 1.49. The second-order valence-electron chi connectivity index (χ2n) is 10.7. The van der Waals surface area contributed by atoms with Gasteiger partial charge in [0.15, 0.2) is 0 Å². The van der Waals surface area contributed by atoms with Gasteiger partial charge >= 0.3 is 0 Å². The molecule has 0 radical (unpaired) electrons. The molecule has 45 heavy (non-hydrogen) atoms. The third-order valence-corrected chi connectivity index (χ3v) is 8.65. The standard InChI is InChI=1S/C34H35N7O3S/c1-4-9-29(30-17-19-38-34(40-30)39-26-12-8-18-37-21-26)33(36-3)44-32-23(2)15-16-27-28(32)13-7-14-31(27)41-45(42,43)22-25-11-6-5-10-24(25)20-35/h4-7,9-11,13-17,19,26,37,41H,3,8,12,18,21-22H2,1-2H3,(H,38,39,40)/b9-4-,33-29-/t26-/m0/s1. The lowest BCUT2D eigenvalue weighted by atomic mass is 10.0. The van der Waals surface area contributed by atoms with E-state index in [-0.39, 0.29) is 17.7 Å². The number of sulfonamides is 1. The fourth-order valence-electron chi connectivity index (χ4n) is 5.27. The minimum Gasteiger partial charge on any atom is -0.437 e. The van der Waals surface area contributed by atoms with Crippen LogP contribution in [-0.2, 0) is 15.8 Å². The molecule has 1 aliphatic rings. The molecule has 0 aliphatic carbocycles. The highest BCUT2D eigenvalue weighted by Crippen LogP contribution is 2.36. The highest BCUT2D eigenvalue weighted by atomic mass is 32.2. The molecule has 3 aromatic carbocycles. The van der Waals surface area contributed by atoms with Crippen LogP contribution in [0.5, 0.6) is 5.75 Å². The molecule has 3 N–H and O–H groups in total. The van der Waals surface area contributed by atoms with E-state index in [2.05, 4.69) is 38.1 Å². The number of ether oxygens (including phenoxy) is 1. The molecule has 4 aromatic rings. The number of aromatic nitrogens is 2. The van der Waals surface area contributed by atoms with E-state index in [9.17, 15) is 13.7 Å². The molecule has 0 saturated carbocycles. The molecule has 11 heteroatoms. The normalized spacial score (nSPS) is 15.7. The first kappa shape index (κ1) is 31.4. The number of rotatable bonds is 11. The number of anilines is 2. The number of aryl methyl sites for hydroxylation is 1. The number of nitrogens with zero attached hydrogens (tertiary/aromatic N) is 4. The van der Waals surface area contributed by atoms with E-state index in [1.165, 1.54) is 0 Å². The van der Waals surface area contributed by atoms with Gasteiger partial charge in [-0.1, -0.05) is 54.6 Å². The lowest BCUT2D eigenvalue weighted by Crippen LogP contribution is -2.38. The number of hydrogen-bond acceptors (Lipinski definition) is 9. The molecular formula is C34H35N7O3S. The molecule has 0 spiro atoms. The first-order valence-electron chi connectivity index (χ1n) is 14.6. The van der Waals surface area contributed by atoms with Crippen molar-refractivity contribution in [2.45, 2.75) is 38.5 Å². The number of piperidine rings is 1. The zero-order valence-electron chi connectivity index (χ0n) is 25.2. The summed E-state index contributed by atoms with van der Waals surface area (Å²) in [5, 5.41) is 17.5. The van der Waals surface area contributed by atoms with Crippen LogP contribution in [-0.4, -0.2) is 44.2 Å². The predicted molar refractivity (Wildman–Crippen MR) is 180 cm³/mol. The lowest BCUT2D eigenvalue weighted by Gasteiger charge is -2.23. The molecule has 1 aliphatic heterocycles. The summed E-state index contributed by atoms with van der Waals surface area (Å²) in [7, 11) is -3.85. The van der Waals surface area contributed by atoms with Gasteiger partial charge in [-0.2, -0.15) is 5.26 Å². The number of allylic oxidation sites excluding steroid dienone is 3. The van der Waals surface area contributed by atoms with Gasteiger partial charge in [0, 0.05) is 29.6 Å². The minimum absolute atomic E-state index is 0.238. The van der Waals surface area contributed by atoms with Crippen molar-refractivity contribution in [3.63, 3.8) is 0 Å². The van der Waals surface area contributed by atoms with E-state index >= 15 is 0 Å². The molecule has 1 atom stereocenters. The Morgan fingerprint density at radius 1 is 1.18 bits per heavy atom. The summed E-state index contributed by atoms with van der Waals surface area (Å²) in [6, 6.07) is 19.8. The van der Waals surface area contributed by atoms with Crippen molar-refractivity contribution in [2.24, 2.45) is 4.99 Å². The maximum Gasteiger partial charge on any atom is 0.236 e. The van der Waals surface area contributed by atoms with Gasteiger partial charge in [-0.25, -0.2) is 23.4 Å². The predicted octanol–water partition coefficient (Wildman–Crippen LogP) is 5.94. The fourth-order valence-corrected chi connectivity index (χ4v) is 6.51. The van der Waals surface area contributed by atoms with Gasteiger partial charge < -0.3 is 15.4 Å². The van der Waals surface area contributed by atoms with Crippen molar-refractivity contribution >= 4 is 44.7 Å². The third-order valence-electron chi connectivity index (χ3n) is 7.43. The van der Waals surface area contributed by atoms with Crippen LogP contribution in [0.1, 0.15) is 42.1 Å². The second-order valence-corrected chi connectivity index (χ2v) is 12.4. The van der Waals surface area contributed by atoms with Crippen LogP contribution in [0.3, 0.4) is 0 Å². The van der Waals surface area contributed by atoms with Crippen molar-refractivity contribution in [3.05, 3.63) is 107 Å². The summed E-state index contributed by atoms with van der Waals surface area (Å²) in [5.74, 6) is 0.928. The van der Waals surface area contributed by atoms with E-state index in [0.717, 1.165) is 31.5 Å². The van der Waals surface area contributed by atoms with Gasteiger partial charge in [-0.15, -0.1) is 0 Å².